The molecule has 138 valence electrons. The number of para-hydroxylation sites is 2. The number of aromatic nitrogens is 1. The van der Waals surface area contributed by atoms with Crippen molar-refractivity contribution in [2.45, 2.75) is 0 Å². The average Bonchev–Trinajstić information content (AvgIpc) is 2.68. The topological polar surface area (TPSA) is 72.5 Å². The number of nitrogens with one attached hydrogen (secondary N) is 2. The molecule has 1 aromatic heterocycles. The van der Waals surface area contributed by atoms with Gasteiger partial charge in [0.15, 0.2) is 18.1 Å². The van der Waals surface area contributed by atoms with Gasteiger partial charge in [0.05, 0.1) is 19.0 Å². The number of nitrogens with zero attached hydrogens (tertiary/aromatic N) is 1. The molecule has 0 radical (unpaired) electrons. The van der Waals surface area contributed by atoms with Gasteiger partial charge in [-0.25, -0.2) is 4.98 Å². The Labute approximate surface area is 162 Å². The zero-order valence-electron chi connectivity index (χ0n) is 14.6. The molecular weight excluding hydrogens is 366 g/mol. The summed E-state index contributed by atoms with van der Waals surface area (Å²) in [5.41, 5.74) is 1.63. The van der Waals surface area contributed by atoms with Crippen LogP contribution < -0.4 is 20.1 Å². The highest BCUT2D eigenvalue weighted by Crippen LogP contribution is 2.25. The molecule has 3 aromatic rings. The van der Waals surface area contributed by atoms with Gasteiger partial charge in [-0.3, -0.25) is 4.79 Å². The molecule has 2 N–H and O–H groups in total. The van der Waals surface area contributed by atoms with E-state index in [0.717, 1.165) is 11.4 Å². The fourth-order valence-electron chi connectivity index (χ4n) is 2.33. The first-order chi connectivity index (χ1) is 13.1. The molecule has 6 nitrogen and oxygen atoms in total. The molecule has 0 bridgehead atoms. The van der Waals surface area contributed by atoms with E-state index in [1.54, 1.807) is 37.6 Å². The molecule has 2 aromatic carbocycles. The van der Waals surface area contributed by atoms with E-state index in [4.69, 9.17) is 21.1 Å². The molecule has 0 saturated carbocycles. The summed E-state index contributed by atoms with van der Waals surface area (Å²) >= 11 is 5.96. The molecule has 7 heteroatoms. The Hall–Kier alpha value is -3.25. The number of hydrogen-bond donors (Lipinski definition) is 2. The van der Waals surface area contributed by atoms with Crippen molar-refractivity contribution in [2.75, 3.05) is 24.4 Å². The van der Waals surface area contributed by atoms with E-state index in [0.29, 0.717) is 22.3 Å². The molecule has 0 aliphatic carbocycles. The van der Waals surface area contributed by atoms with Crippen LogP contribution in [-0.4, -0.2) is 24.6 Å². The second-order valence-corrected chi connectivity index (χ2v) is 5.99. The molecule has 0 aliphatic heterocycles. The normalized spacial score (nSPS) is 10.1. The van der Waals surface area contributed by atoms with Crippen LogP contribution in [0.15, 0.2) is 66.9 Å². The molecule has 1 heterocycles. The number of amides is 1. The van der Waals surface area contributed by atoms with Crippen molar-refractivity contribution in [3.05, 3.63) is 71.9 Å². The first-order valence-electron chi connectivity index (χ1n) is 8.18. The Kier molecular flexibility index (Phi) is 6.12. The van der Waals surface area contributed by atoms with Gasteiger partial charge in [0.2, 0.25) is 0 Å². The number of benzene rings is 2. The third-order valence-electron chi connectivity index (χ3n) is 3.57. The minimum Gasteiger partial charge on any atom is -0.493 e. The van der Waals surface area contributed by atoms with Gasteiger partial charge in [0.25, 0.3) is 5.91 Å². The molecule has 0 saturated heterocycles. The predicted molar refractivity (Wildman–Crippen MR) is 106 cm³/mol. The number of rotatable bonds is 7. The molecule has 0 atom stereocenters. The van der Waals surface area contributed by atoms with Crippen LogP contribution in [0.1, 0.15) is 0 Å². The summed E-state index contributed by atoms with van der Waals surface area (Å²) in [4.78, 5) is 16.3. The lowest BCUT2D eigenvalue weighted by atomic mass is 10.3. The smallest absolute Gasteiger partial charge is 0.263 e. The second-order valence-electron chi connectivity index (χ2n) is 5.56. The van der Waals surface area contributed by atoms with E-state index in [1.807, 2.05) is 36.4 Å². The van der Waals surface area contributed by atoms with Crippen LogP contribution in [0.5, 0.6) is 11.5 Å². The van der Waals surface area contributed by atoms with Gasteiger partial charge in [-0.2, -0.15) is 0 Å². The van der Waals surface area contributed by atoms with Crippen LogP contribution in [0, 0.1) is 0 Å². The maximum atomic E-state index is 12.1. The summed E-state index contributed by atoms with van der Waals surface area (Å²) in [6, 6.07) is 18.0. The molecule has 0 aliphatic rings. The molecule has 27 heavy (non-hydrogen) atoms. The van der Waals surface area contributed by atoms with Crippen LogP contribution in [0.25, 0.3) is 0 Å². The Morgan fingerprint density at radius 2 is 1.85 bits per heavy atom. The van der Waals surface area contributed by atoms with Gasteiger partial charge in [0, 0.05) is 10.7 Å². The van der Waals surface area contributed by atoms with Crippen LogP contribution in [0.3, 0.4) is 0 Å². The van der Waals surface area contributed by atoms with E-state index in [1.165, 1.54) is 0 Å². The quantitative estimate of drug-likeness (QED) is 0.628. The first-order valence-corrected chi connectivity index (χ1v) is 8.56. The SMILES string of the molecule is COc1ccccc1OCC(=O)Nc1ccc(Nc2cccc(Cl)c2)cn1. The van der Waals surface area contributed by atoms with Gasteiger partial charge in [0.1, 0.15) is 5.82 Å². The Morgan fingerprint density at radius 3 is 2.56 bits per heavy atom. The van der Waals surface area contributed by atoms with Crippen molar-refractivity contribution >= 4 is 34.7 Å². The largest absolute Gasteiger partial charge is 0.493 e. The lowest BCUT2D eigenvalue weighted by molar-refractivity contribution is -0.118. The average molecular weight is 384 g/mol. The third kappa shape index (κ3) is 5.36. The molecule has 3 rings (SSSR count). The van der Waals surface area contributed by atoms with Crippen molar-refractivity contribution in [1.29, 1.82) is 0 Å². The van der Waals surface area contributed by atoms with Gasteiger partial charge in [-0.1, -0.05) is 29.8 Å². The maximum absolute atomic E-state index is 12.1. The Balaban J connectivity index is 1.54. The lowest BCUT2D eigenvalue weighted by Gasteiger charge is -2.11. The van der Waals surface area contributed by atoms with Crippen LogP contribution in [0.4, 0.5) is 17.2 Å². The monoisotopic (exact) mass is 383 g/mol. The molecule has 0 spiro atoms. The highest BCUT2D eigenvalue weighted by atomic mass is 35.5. The lowest BCUT2D eigenvalue weighted by Crippen LogP contribution is -2.20. The van der Waals surface area contributed by atoms with E-state index in [2.05, 4.69) is 15.6 Å². The first kappa shape index (κ1) is 18.5. The number of anilines is 3. The molecule has 0 fully saturated rings. The molecule has 0 unspecified atom stereocenters. The highest BCUT2D eigenvalue weighted by molar-refractivity contribution is 6.30. The minimum absolute atomic E-state index is 0.148. The predicted octanol–water partition coefficient (Wildman–Crippen LogP) is 4.50. The highest BCUT2D eigenvalue weighted by Gasteiger charge is 2.08. The number of halogens is 1. The number of methoxy groups -OCH3 is 1. The number of ether oxygens (including phenoxy) is 2. The minimum atomic E-state index is -0.316. The van der Waals surface area contributed by atoms with E-state index in [9.17, 15) is 4.79 Å². The fourth-order valence-corrected chi connectivity index (χ4v) is 2.53. The standard InChI is InChI=1S/C20H18ClN3O3/c1-26-17-7-2-3-8-18(17)27-13-20(25)24-19-10-9-16(12-22-19)23-15-6-4-5-14(21)11-15/h2-12,23H,13H2,1H3,(H,22,24,25). The summed E-state index contributed by atoms with van der Waals surface area (Å²) in [6.07, 6.45) is 1.62. The van der Waals surface area contributed by atoms with Gasteiger partial charge in [-0.05, 0) is 42.5 Å². The van der Waals surface area contributed by atoms with E-state index < -0.39 is 0 Å². The van der Waals surface area contributed by atoms with E-state index in [-0.39, 0.29) is 12.5 Å². The van der Waals surface area contributed by atoms with Gasteiger partial charge >= 0.3 is 0 Å². The van der Waals surface area contributed by atoms with Gasteiger partial charge in [-0.15, -0.1) is 0 Å². The zero-order chi connectivity index (χ0) is 19.1. The Bertz CT molecular complexity index is 916. The van der Waals surface area contributed by atoms with Crippen LogP contribution >= 0.6 is 11.6 Å². The van der Waals surface area contributed by atoms with Crippen molar-refractivity contribution < 1.29 is 14.3 Å². The summed E-state index contributed by atoms with van der Waals surface area (Å²) < 4.78 is 10.7. The van der Waals surface area contributed by atoms with Crippen LogP contribution in [-0.2, 0) is 4.79 Å². The zero-order valence-corrected chi connectivity index (χ0v) is 15.4. The van der Waals surface area contributed by atoms with Crippen molar-refractivity contribution in [1.82, 2.24) is 4.98 Å². The third-order valence-corrected chi connectivity index (χ3v) is 3.81. The fraction of sp³-hybridized carbons (Fsp3) is 0.100. The van der Waals surface area contributed by atoms with Crippen molar-refractivity contribution in [3.63, 3.8) is 0 Å². The second kappa shape index (κ2) is 8.91. The molecule has 1 amide bonds. The van der Waals surface area contributed by atoms with E-state index >= 15 is 0 Å². The maximum Gasteiger partial charge on any atom is 0.263 e. The summed E-state index contributed by atoms with van der Waals surface area (Å²) in [5, 5.41) is 6.52. The number of carbonyl (C=O) groups excluding carboxylic acids is 1. The Morgan fingerprint density at radius 1 is 1.04 bits per heavy atom. The number of carbonyl (C=O) groups is 1. The summed E-state index contributed by atoms with van der Waals surface area (Å²) in [7, 11) is 1.55. The number of hydrogen-bond acceptors (Lipinski definition) is 5. The van der Waals surface area contributed by atoms with Gasteiger partial charge < -0.3 is 20.1 Å². The summed E-state index contributed by atoms with van der Waals surface area (Å²) in [5.74, 6) is 1.19. The van der Waals surface area contributed by atoms with Crippen LogP contribution in [0.2, 0.25) is 5.02 Å². The molecular formula is C20H18ClN3O3. The van der Waals surface area contributed by atoms with Crippen molar-refractivity contribution in [2.24, 2.45) is 0 Å². The number of pyridine rings is 1. The van der Waals surface area contributed by atoms with Crippen molar-refractivity contribution in [3.8, 4) is 11.5 Å². The summed E-state index contributed by atoms with van der Waals surface area (Å²) in [6.45, 7) is -0.148.